The van der Waals surface area contributed by atoms with Crippen LogP contribution in [0.3, 0.4) is 0 Å². The molecule has 1 aromatic rings. The molecule has 1 aliphatic heterocycles. The molecule has 1 heterocycles. The number of hydrogen-bond donors (Lipinski definition) is 2. The first-order valence-corrected chi connectivity index (χ1v) is 8.39. The lowest BCUT2D eigenvalue weighted by molar-refractivity contribution is -0.184. The molecule has 0 spiro atoms. The predicted octanol–water partition coefficient (Wildman–Crippen LogP) is 2.23. The van der Waals surface area contributed by atoms with E-state index in [4.69, 9.17) is 0 Å². The van der Waals surface area contributed by atoms with Gasteiger partial charge in [0.05, 0.1) is 5.41 Å². The van der Waals surface area contributed by atoms with E-state index in [0.717, 1.165) is 0 Å². The Morgan fingerprint density at radius 2 is 1.77 bits per heavy atom. The Morgan fingerprint density at radius 3 is 2.27 bits per heavy atom. The fourth-order valence-electron chi connectivity index (χ4n) is 3.34. The molecule has 1 aromatic carbocycles. The summed E-state index contributed by atoms with van der Waals surface area (Å²) in [5.74, 6) is -0.820. The minimum Gasteiger partial charge on any atom is -0.353 e. The molecular weight excluding hydrogens is 374 g/mol. The molecule has 1 aliphatic carbocycles. The summed E-state index contributed by atoms with van der Waals surface area (Å²) in [4.78, 5) is 13.9. The first-order valence-electron chi connectivity index (χ1n) is 8.39. The van der Waals surface area contributed by atoms with Gasteiger partial charge in [0.15, 0.2) is 0 Å². The average molecular weight is 396 g/mol. The molecule has 0 aromatic heterocycles. The van der Waals surface area contributed by atoms with Crippen LogP contribution in [0.1, 0.15) is 18.4 Å². The molecular formula is C17H22ClF4N3O. The molecule has 2 aliphatic rings. The molecule has 3 rings (SSSR count). The van der Waals surface area contributed by atoms with Crippen molar-refractivity contribution in [3.05, 3.63) is 35.6 Å². The normalized spacial score (nSPS) is 20.8. The topological polar surface area (TPSA) is 44.4 Å². The smallest absolute Gasteiger partial charge is 0.353 e. The summed E-state index contributed by atoms with van der Waals surface area (Å²) in [5.41, 5.74) is -0.162. The van der Waals surface area contributed by atoms with Crippen molar-refractivity contribution in [2.24, 2.45) is 0 Å². The van der Waals surface area contributed by atoms with E-state index in [1.54, 1.807) is 0 Å². The molecule has 2 fully saturated rings. The van der Waals surface area contributed by atoms with E-state index in [-0.39, 0.29) is 12.4 Å². The van der Waals surface area contributed by atoms with Gasteiger partial charge in [-0.2, -0.15) is 13.2 Å². The second-order valence-electron chi connectivity index (χ2n) is 6.64. The number of carbonyl (C=O) groups excluding carboxylic acids is 1. The van der Waals surface area contributed by atoms with E-state index in [9.17, 15) is 22.4 Å². The van der Waals surface area contributed by atoms with E-state index in [1.165, 1.54) is 29.2 Å². The highest BCUT2D eigenvalue weighted by atomic mass is 35.5. The molecule has 4 nitrogen and oxygen atoms in total. The van der Waals surface area contributed by atoms with Crippen LogP contribution in [-0.4, -0.2) is 55.7 Å². The molecule has 146 valence electrons. The van der Waals surface area contributed by atoms with Crippen molar-refractivity contribution in [3.8, 4) is 0 Å². The molecule has 0 bridgehead atoms. The van der Waals surface area contributed by atoms with Gasteiger partial charge in [-0.3, -0.25) is 9.69 Å². The van der Waals surface area contributed by atoms with Gasteiger partial charge in [-0.05, 0) is 30.5 Å². The number of hydrogen-bond acceptors (Lipinski definition) is 3. The van der Waals surface area contributed by atoms with Gasteiger partial charge in [0, 0.05) is 32.7 Å². The molecule has 2 N–H and O–H groups in total. The van der Waals surface area contributed by atoms with Crippen molar-refractivity contribution in [3.63, 3.8) is 0 Å². The zero-order valence-corrected chi connectivity index (χ0v) is 14.9. The van der Waals surface area contributed by atoms with Crippen molar-refractivity contribution >= 4 is 18.3 Å². The first kappa shape index (κ1) is 20.9. The number of piperazine rings is 1. The minimum atomic E-state index is -4.41. The lowest BCUT2D eigenvalue weighted by Gasteiger charge is -2.36. The molecule has 26 heavy (non-hydrogen) atoms. The standard InChI is InChI=1S/C17H21F4N3O.ClH/c18-13-3-1-12(2-4-13)16(5-6-16)15(25)23-11-14(17(19,20)21)24-9-7-22-8-10-24;/h1-4,14,22H,5-11H2,(H,23,25);1H. The first-order chi connectivity index (χ1) is 11.8. The monoisotopic (exact) mass is 395 g/mol. The molecule has 1 saturated heterocycles. The largest absolute Gasteiger partial charge is 0.405 e. The van der Waals surface area contributed by atoms with E-state index >= 15 is 0 Å². The lowest BCUT2D eigenvalue weighted by atomic mass is 9.95. The highest BCUT2D eigenvalue weighted by Gasteiger charge is 2.52. The Balaban J connectivity index is 0.00000243. The van der Waals surface area contributed by atoms with E-state index in [2.05, 4.69) is 10.6 Å². The summed E-state index contributed by atoms with van der Waals surface area (Å²) >= 11 is 0. The molecule has 1 atom stereocenters. The SMILES string of the molecule is Cl.O=C(NCC(N1CCNCC1)C(F)(F)F)C1(c2ccc(F)cc2)CC1. The van der Waals surface area contributed by atoms with Crippen LogP contribution in [-0.2, 0) is 10.2 Å². The van der Waals surface area contributed by atoms with Crippen LogP contribution in [0.2, 0.25) is 0 Å². The number of halogens is 5. The van der Waals surface area contributed by atoms with Crippen LogP contribution in [0.15, 0.2) is 24.3 Å². The van der Waals surface area contributed by atoms with Gasteiger partial charge in [0.2, 0.25) is 5.91 Å². The minimum absolute atomic E-state index is 0. The van der Waals surface area contributed by atoms with Gasteiger partial charge in [-0.25, -0.2) is 4.39 Å². The van der Waals surface area contributed by atoms with Gasteiger partial charge in [0.25, 0.3) is 0 Å². The van der Waals surface area contributed by atoms with Gasteiger partial charge in [-0.1, -0.05) is 12.1 Å². The second kappa shape index (κ2) is 8.10. The summed E-state index contributed by atoms with van der Waals surface area (Å²) in [7, 11) is 0. The Morgan fingerprint density at radius 1 is 1.19 bits per heavy atom. The van der Waals surface area contributed by atoms with Crippen LogP contribution in [0.4, 0.5) is 17.6 Å². The van der Waals surface area contributed by atoms with Crippen LogP contribution in [0, 0.1) is 5.82 Å². The Labute approximate surface area is 155 Å². The number of alkyl halides is 3. The third-order valence-corrected chi connectivity index (χ3v) is 5.01. The second-order valence-corrected chi connectivity index (χ2v) is 6.64. The average Bonchev–Trinajstić information content (AvgIpc) is 3.37. The zero-order valence-electron chi connectivity index (χ0n) is 14.1. The third-order valence-electron chi connectivity index (χ3n) is 5.01. The van der Waals surface area contributed by atoms with E-state index < -0.39 is 35.9 Å². The van der Waals surface area contributed by atoms with Gasteiger partial charge < -0.3 is 10.6 Å². The number of carbonyl (C=O) groups is 1. The van der Waals surface area contributed by atoms with Gasteiger partial charge in [-0.15, -0.1) is 12.4 Å². The predicted molar refractivity (Wildman–Crippen MR) is 91.9 cm³/mol. The van der Waals surface area contributed by atoms with Gasteiger partial charge >= 0.3 is 6.18 Å². The van der Waals surface area contributed by atoms with Crippen molar-refractivity contribution in [1.82, 2.24) is 15.5 Å². The molecule has 1 amide bonds. The third kappa shape index (κ3) is 4.47. The fraction of sp³-hybridized carbons (Fsp3) is 0.588. The highest BCUT2D eigenvalue weighted by molar-refractivity contribution is 5.91. The quantitative estimate of drug-likeness (QED) is 0.751. The molecule has 1 saturated carbocycles. The Kier molecular flexibility index (Phi) is 6.52. The Bertz CT molecular complexity index is 613. The van der Waals surface area contributed by atoms with Crippen molar-refractivity contribution < 1.29 is 22.4 Å². The molecule has 9 heteroatoms. The highest BCUT2D eigenvalue weighted by Crippen LogP contribution is 2.48. The lowest BCUT2D eigenvalue weighted by Crippen LogP contribution is -2.58. The number of amides is 1. The summed E-state index contributed by atoms with van der Waals surface area (Å²) in [6, 6.07) is 3.89. The number of nitrogens with one attached hydrogen (secondary N) is 2. The van der Waals surface area contributed by atoms with E-state index in [0.29, 0.717) is 44.6 Å². The summed E-state index contributed by atoms with van der Waals surface area (Å²) in [6.45, 7) is 1.12. The van der Waals surface area contributed by atoms with E-state index in [1.807, 2.05) is 0 Å². The van der Waals surface area contributed by atoms with Crippen LogP contribution in [0.25, 0.3) is 0 Å². The number of benzene rings is 1. The van der Waals surface area contributed by atoms with Crippen LogP contribution >= 0.6 is 12.4 Å². The Hall–Kier alpha value is -1.38. The number of nitrogens with zero attached hydrogens (tertiary/aromatic N) is 1. The maximum atomic E-state index is 13.4. The van der Waals surface area contributed by atoms with Crippen molar-refractivity contribution in [2.75, 3.05) is 32.7 Å². The summed E-state index contributed by atoms with van der Waals surface area (Å²) in [6.07, 6.45) is -3.28. The van der Waals surface area contributed by atoms with Crippen molar-refractivity contribution in [1.29, 1.82) is 0 Å². The summed E-state index contributed by atoms with van der Waals surface area (Å²) < 4.78 is 53.2. The zero-order chi connectivity index (χ0) is 18.1. The fourth-order valence-corrected chi connectivity index (χ4v) is 3.34. The maximum absolute atomic E-state index is 13.4. The summed E-state index contributed by atoms with van der Waals surface area (Å²) in [5, 5.41) is 5.51. The van der Waals surface area contributed by atoms with Crippen LogP contribution < -0.4 is 10.6 Å². The van der Waals surface area contributed by atoms with Gasteiger partial charge in [0.1, 0.15) is 11.9 Å². The molecule has 1 unspecified atom stereocenters. The molecule has 0 radical (unpaired) electrons. The number of rotatable bonds is 5. The van der Waals surface area contributed by atoms with Crippen LogP contribution in [0.5, 0.6) is 0 Å². The maximum Gasteiger partial charge on any atom is 0.405 e. The van der Waals surface area contributed by atoms with Crippen molar-refractivity contribution in [2.45, 2.75) is 30.5 Å².